The molecule has 3 aromatic rings. The number of oxazole rings is 1. The van der Waals surface area contributed by atoms with Crippen LogP contribution in [0.4, 0.5) is 0 Å². The van der Waals surface area contributed by atoms with Crippen LogP contribution < -0.4 is 4.74 Å². The highest BCUT2D eigenvalue weighted by Crippen LogP contribution is 2.27. The van der Waals surface area contributed by atoms with Gasteiger partial charge in [-0.05, 0) is 50.6 Å². The quantitative estimate of drug-likeness (QED) is 0.682. The molecule has 0 bridgehead atoms. The molecule has 0 amide bonds. The number of benzene rings is 1. The number of β-amino-alcohol motifs (C(OH)–C–C–N with tert-alkyl or cyclic N) is 1. The van der Waals surface area contributed by atoms with Gasteiger partial charge in [0.15, 0.2) is 0 Å². The molecule has 1 fully saturated rings. The predicted octanol–water partition coefficient (Wildman–Crippen LogP) is 2.73. The summed E-state index contributed by atoms with van der Waals surface area (Å²) in [7, 11) is 1.65. The summed E-state index contributed by atoms with van der Waals surface area (Å²) in [6.45, 7) is 6.04. The number of hydrogen-bond acceptors (Lipinski definition) is 6. The van der Waals surface area contributed by atoms with E-state index in [9.17, 15) is 5.11 Å². The zero-order valence-corrected chi connectivity index (χ0v) is 16.5. The van der Waals surface area contributed by atoms with E-state index in [1.165, 1.54) is 0 Å². The first-order chi connectivity index (χ1) is 13.5. The smallest absolute Gasteiger partial charge is 0.226 e. The van der Waals surface area contributed by atoms with Crippen molar-refractivity contribution in [2.24, 2.45) is 5.92 Å². The summed E-state index contributed by atoms with van der Waals surface area (Å²) < 4.78 is 11.1. The SMILES string of the molecule is COc1ccc(-c2nc(CN3C[C@@H](Cc4cc(C)[nH]n4)[C@H](O)C3)c(C)o2)cc1. The number of aliphatic hydroxyl groups is 1. The van der Waals surface area contributed by atoms with E-state index >= 15 is 0 Å². The number of hydrogen-bond donors (Lipinski definition) is 2. The minimum atomic E-state index is -0.356. The lowest BCUT2D eigenvalue weighted by Crippen LogP contribution is -2.22. The van der Waals surface area contributed by atoms with Crippen LogP contribution in [0.3, 0.4) is 0 Å². The second-order valence-corrected chi connectivity index (χ2v) is 7.52. The Morgan fingerprint density at radius 2 is 2.04 bits per heavy atom. The lowest BCUT2D eigenvalue weighted by atomic mass is 10.0. The first kappa shape index (κ1) is 18.7. The van der Waals surface area contributed by atoms with Gasteiger partial charge in [0.2, 0.25) is 5.89 Å². The Morgan fingerprint density at radius 1 is 1.25 bits per heavy atom. The molecular formula is C21H26N4O3. The Morgan fingerprint density at radius 3 is 2.71 bits per heavy atom. The first-order valence-corrected chi connectivity index (χ1v) is 9.54. The third-order valence-electron chi connectivity index (χ3n) is 5.32. The van der Waals surface area contributed by atoms with Crippen LogP contribution in [-0.4, -0.2) is 51.5 Å². The Balaban J connectivity index is 1.42. The molecule has 2 aromatic heterocycles. The number of aliphatic hydroxyl groups excluding tert-OH is 1. The van der Waals surface area contributed by atoms with Gasteiger partial charge in [-0.1, -0.05) is 0 Å². The number of methoxy groups -OCH3 is 1. The Labute approximate surface area is 164 Å². The molecule has 0 saturated carbocycles. The molecule has 7 heteroatoms. The fourth-order valence-electron chi connectivity index (χ4n) is 3.76. The molecule has 0 spiro atoms. The van der Waals surface area contributed by atoms with Crippen LogP contribution in [0.2, 0.25) is 0 Å². The van der Waals surface area contributed by atoms with Crippen LogP contribution in [0.15, 0.2) is 34.7 Å². The van der Waals surface area contributed by atoms with E-state index < -0.39 is 0 Å². The molecule has 0 radical (unpaired) electrons. The lowest BCUT2D eigenvalue weighted by molar-refractivity contribution is 0.140. The van der Waals surface area contributed by atoms with Crippen LogP contribution >= 0.6 is 0 Å². The van der Waals surface area contributed by atoms with Gasteiger partial charge >= 0.3 is 0 Å². The number of aromatic nitrogens is 3. The van der Waals surface area contributed by atoms with Crippen molar-refractivity contribution in [3.63, 3.8) is 0 Å². The monoisotopic (exact) mass is 382 g/mol. The molecule has 148 valence electrons. The van der Waals surface area contributed by atoms with Gasteiger partial charge in [0.25, 0.3) is 0 Å². The van der Waals surface area contributed by atoms with E-state index in [1.54, 1.807) is 7.11 Å². The molecule has 1 aromatic carbocycles. The van der Waals surface area contributed by atoms with Crippen molar-refractivity contribution >= 4 is 0 Å². The minimum Gasteiger partial charge on any atom is -0.497 e. The topological polar surface area (TPSA) is 87.4 Å². The zero-order chi connectivity index (χ0) is 19.7. The Hall–Kier alpha value is -2.64. The lowest BCUT2D eigenvalue weighted by Gasteiger charge is -2.13. The molecule has 0 aliphatic carbocycles. The highest BCUT2D eigenvalue weighted by Gasteiger charge is 2.32. The number of aryl methyl sites for hydroxylation is 2. The molecule has 7 nitrogen and oxygen atoms in total. The Kier molecular flexibility index (Phi) is 5.19. The number of aromatic amines is 1. The van der Waals surface area contributed by atoms with Crippen molar-refractivity contribution in [1.29, 1.82) is 0 Å². The van der Waals surface area contributed by atoms with Crippen molar-refractivity contribution < 1.29 is 14.3 Å². The van der Waals surface area contributed by atoms with Crippen molar-refractivity contribution in [2.45, 2.75) is 32.9 Å². The van der Waals surface area contributed by atoms with Crippen LogP contribution in [0.5, 0.6) is 5.75 Å². The summed E-state index contributed by atoms with van der Waals surface area (Å²) in [5, 5.41) is 17.7. The number of nitrogens with one attached hydrogen (secondary N) is 1. The van der Waals surface area contributed by atoms with E-state index in [0.29, 0.717) is 19.0 Å². The van der Waals surface area contributed by atoms with Gasteiger partial charge in [0.05, 0.1) is 24.6 Å². The largest absolute Gasteiger partial charge is 0.497 e. The maximum atomic E-state index is 10.5. The number of rotatable bonds is 6. The number of H-pyrrole nitrogens is 1. The van der Waals surface area contributed by atoms with Crippen LogP contribution in [0, 0.1) is 19.8 Å². The molecule has 1 aliphatic rings. The van der Waals surface area contributed by atoms with Crippen LogP contribution in [0.1, 0.15) is 22.8 Å². The summed E-state index contributed by atoms with van der Waals surface area (Å²) in [5.74, 6) is 2.40. The molecular weight excluding hydrogens is 356 g/mol. The maximum absolute atomic E-state index is 10.5. The highest BCUT2D eigenvalue weighted by atomic mass is 16.5. The first-order valence-electron chi connectivity index (χ1n) is 9.54. The molecule has 3 heterocycles. The normalized spacial score (nSPS) is 20.0. The molecule has 2 N–H and O–H groups in total. The molecule has 2 atom stereocenters. The van der Waals surface area contributed by atoms with Gasteiger partial charge in [0.1, 0.15) is 11.5 Å². The predicted molar refractivity (Wildman–Crippen MR) is 105 cm³/mol. The van der Waals surface area contributed by atoms with Gasteiger partial charge in [-0.15, -0.1) is 0 Å². The van der Waals surface area contributed by atoms with Gasteiger partial charge in [0, 0.05) is 36.8 Å². The minimum absolute atomic E-state index is 0.177. The summed E-state index contributed by atoms with van der Waals surface area (Å²) >= 11 is 0. The average molecular weight is 382 g/mol. The molecule has 0 unspecified atom stereocenters. The zero-order valence-electron chi connectivity index (χ0n) is 16.5. The van der Waals surface area contributed by atoms with E-state index in [1.807, 2.05) is 44.2 Å². The molecule has 28 heavy (non-hydrogen) atoms. The van der Waals surface area contributed by atoms with Crippen molar-refractivity contribution in [1.82, 2.24) is 20.1 Å². The summed E-state index contributed by atoms with van der Waals surface area (Å²) in [6.07, 6.45) is 0.418. The van der Waals surface area contributed by atoms with E-state index in [0.717, 1.165) is 47.1 Å². The summed E-state index contributed by atoms with van der Waals surface area (Å²) in [5.41, 5.74) is 3.88. The van der Waals surface area contributed by atoms with Crippen LogP contribution in [-0.2, 0) is 13.0 Å². The fraction of sp³-hybridized carbons (Fsp3) is 0.429. The van der Waals surface area contributed by atoms with Crippen molar-refractivity contribution in [3.8, 4) is 17.2 Å². The second-order valence-electron chi connectivity index (χ2n) is 7.52. The summed E-state index contributed by atoms with van der Waals surface area (Å²) in [6, 6.07) is 9.71. The van der Waals surface area contributed by atoms with Crippen molar-refractivity contribution in [3.05, 3.63) is 53.2 Å². The van der Waals surface area contributed by atoms with Gasteiger partial charge in [-0.3, -0.25) is 10.00 Å². The van der Waals surface area contributed by atoms with Crippen molar-refractivity contribution in [2.75, 3.05) is 20.2 Å². The molecule has 1 aliphatic heterocycles. The second kappa shape index (κ2) is 7.77. The standard InChI is InChI=1S/C21H26N4O3/c1-13-8-17(24-23-13)9-16-10-25(12-20(16)26)11-19-14(2)28-21(22-19)15-4-6-18(27-3)7-5-15/h4-8,16,20,26H,9-12H2,1-3H3,(H,23,24)/t16-,20-/m1/s1. The number of likely N-dealkylation sites (tertiary alicyclic amines) is 1. The van der Waals surface area contributed by atoms with Crippen LogP contribution in [0.25, 0.3) is 11.5 Å². The Bertz CT molecular complexity index is 932. The van der Waals surface area contributed by atoms with E-state index in [4.69, 9.17) is 9.15 Å². The average Bonchev–Trinajstić information content (AvgIpc) is 3.36. The highest BCUT2D eigenvalue weighted by molar-refractivity contribution is 5.55. The summed E-state index contributed by atoms with van der Waals surface area (Å²) in [4.78, 5) is 6.92. The number of ether oxygens (including phenoxy) is 1. The van der Waals surface area contributed by atoms with E-state index in [-0.39, 0.29) is 12.0 Å². The third kappa shape index (κ3) is 3.95. The molecule has 1 saturated heterocycles. The van der Waals surface area contributed by atoms with Gasteiger partial charge in [-0.2, -0.15) is 5.10 Å². The number of nitrogens with zero attached hydrogens (tertiary/aromatic N) is 3. The maximum Gasteiger partial charge on any atom is 0.226 e. The van der Waals surface area contributed by atoms with Gasteiger partial charge < -0.3 is 14.3 Å². The fourth-order valence-corrected chi connectivity index (χ4v) is 3.76. The molecule has 4 rings (SSSR count). The van der Waals surface area contributed by atoms with Gasteiger partial charge in [-0.25, -0.2) is 4.98 Å². The van der Waals surface area contributed by atoms with E-state index in [2.05, 4.69) is 20.1 Å². The third-order valence-corrected chi connectivity index (χ3v) is 5.32.